The highest BCUT2D eigenvalue weighted by atomic mass is 35.5. The van der Waals surface area contributed by atoms with Gasteiger partial charge in [0.2, 0.25) is 0 Å². The first-order valence-electron chi connectivity index (χ1n) is 4.08. The summed E-state index contributed by atoms with van der Waals surface area (Å²) in [4.78, 5) is 11.4. The summed E-state index contributed by atoms with van der Waals surface area (Å²) in [5.41, 5.74) is 0. The van der Waals surface area contributed by atoms with Gasteiger partial charge in [-0.3, -0.25) is 4.79 Å². The molecule has 0 heterocycles. The average molecular weight is 189 g/mol. The van der Waals surface area contributed by atoms with Crippen molar-refractivity contribution >= 4 is 29.0 Å². The average Bonchev–Trinajstić information content (AvgIpc) is 2.77. The van der Waals surface area contributed by atoms with E-state index in [-0.39, 0.29) is 11.7 Å². The lowest BCUT2D eigenvalue weighted by Gasteiger charge is -2.40. The Bertz CT molecular complexity index is 288. The summed E-state index contributed by atoms with van der Waals surface area (Å²) < 4.78 is -0.979. The van der Waals surface area contributed by atoms with Crippen molar-refractivity contribution in [1.82, 2.24) is 0 Å². The molecule has 0 saturated heterocycles. The number of hydrogen-bond donors (Lipinski definition) is 0. The third kappa shape index (κ3) is 0.356. The molecule has 5 aliphatic rings. The first-order valence-corrected chi connectivity index (χ1v) is 4.83. The molecule has 58 valence electrons. The van der Waals surface area contributed by atoms with Crippen LogP contribution in [0.15, 0.2) is 0 Å². The quantitative estimate of drug-likeness (QED) is 0.527. The van der Waals surface area contributed by atoms with Gasteiger partial charge in [0, 0.05) is 11.8 Å². The molecule has 0 radical (unpaired) electrons. The predicted molar refractivity (Wildman–Crippen MR) is 40.4 cm³/mol. The van der Waals surface area contributed by atoms with Crippen LogP contribution in [0.1, 0.15) is 0 Å². The van der Waals surface area contributed by atoms with E-state index in [1.54, 1.807) is 0 Å². The van der Waals surface area contributed by atoms with Gasteiger partial charge in [0.05, 0.1) is 0 Å². The highest BCUT2D eigenvalue weighted by Crippen LogP contribution is 2.90. The normalized spacial score (nSPS) is 71.6. The molecule has 0 aliphatic heterocycles. The molecule has 0 aromatic heterocycles. The number of halogens is 2. The molecule has 3 heteroatoms. The van der Waals surface area contributed by atoms with Crippen molar-refractivity contribution in [3.63, 3.8) is 0 Å². The minimum absolute atomic E-state index is 0.114. The third-order valence-electron chi connectivity index (χ3n) is 4.21. The van der Waals surface area contributed by atoms with Gasteiger partial charge in [0.25, 0.3) is 0 Å². The molecule has 2 bridgehead atoms. The monoisotopic (exact) mass is 188 g/mol. The van der Waals surface area contributed by atoms with Crippen LogP contribution in [-0.2, 0) is 4.79 Å². The zero-order valence-corrected chi connectivity index (χ0v) is 7.14. The topological polar surface area (TPSA) is 17.1 Å². The van der Waals surface area contributed by atoms with Crippen LogP contribution in [0.5, 0.6) is 0 Å². The van der Waals surface area contributed by atoms with Gasteiger partial charge in [-0.1, -0.05) is 23.2 Å². The van der Waals surface area contributed by atoms with E-state index in [9.17, 15) is 4.79 Å². The van der Waals surface area contributed by atoms with Crippen molar-refractivity contribution in [2.75, 3.05) is 0 Å². The summed E-state index contributed by atoms with van der Waals surface area (Å²) >= 11 is 11.8. The largest absolute Gasteiger partial charge is 0.296 e. The Morgan fingerprint density at radius 1 is 1.09 bits per heavy atom. The molecule has 0 spiro atoms. The first-order chi connectivity index (χ1) is 5.15. The molecule has 5 saturated carbocycles. The predicted octanol–water partition coefficient (Wildman–Crippen LogP) is 1.48. The third-order valence-corrected chi connectivity index (χ3v) is 5.08. The molecule has 0 aromatic rings. The summed E-state index contributed by atoms with van der Waals surface area (Å²) in [5.74, 6) is 3.95. The molecule has 5 fully saturated rings. The number of hydrogen-bond acceptors (Lipinski definition) is 1. The van der Waals surface area contributed by atoms with Crippen molar-refractivity contribution in [1.29, 1.82) is 0 Å². The standard InChI is InChI=1S/C8H6Cl2O/c9-8(10)6-4-1-2(4)3(1)5(6)7(8)11/h1-6H/t1?,2?,3?,4?,5-,6+/m0/s1. The Hall–Kier alpha value is 0.250. The van der Waals surface area contributed by atoms with Crippen molar-refractivity contribution in [3.8, 4) is 0 Å². The molecule has 0 aromatic carbocycles. The van der Waals surface area contributed by atoms with E-state index < -0.39 is 4.33 Å². The summed E-state index contributed by atoms with van der Waals surface area (Å²) in [7, 11) is 0. The van der Waals surface area contributed by atoms with E-state index in [4.69, 9.17) is 23.2 Å². The van der Waals surface area contributed by atoms with Gasteiger partial charge in [0.15, 0.2) is 10.1 Å². The van der Waals surface area contributed by atoms with Crippen LogP contribution < -0.4 is 0 Å². The smallest absolute Gasteiger partial charge is 0.179 e. The van der Waals surface area contributed by atoms with E-state index >= 15 is 0 Å². The second-order valence-electron chi connectivity index (χ2n) is 4.35. The number of ketones is 1. The van der Waals surface area contributed by atoms with Crippen LogP contribution in [0.25, 0.3) is 0 Å². The zero-order valence-electron chi connectivity index (χ0n) is 5.63. The van der Waals surface area contributed by atoms with Crippen LogP contribution in [0, 0.1) is 35.5 Å². The van der Waals surface area contributed by atoms with Gasteiger partial charge >= 0.3 is 0 Å². The molecular formula is C8H6Cl2O. The highest BCUT2D eigenvalue weighted by molar-refractivity contribution is 6.61. The molecule has 5 rings (SSSR count). The van der Waals surface area contributed by atoms with E-state index in [2.05, 4.69) is 0 Å². The molecule has 0 amide bonds. The SMILES string of the molecule is O=C1[C@H]2C3C4C3C4[C@H]2C1(Cl)Cl. The second kappa shape index (κ2) is 1.18. The number of alkyl halides is 2. The van der Waals surface area contributed by atoms with E-state index in [0.29, 0.717) is 5.92 Å². The molecular weight excluding hydrogens is 183 g/mol. The number of Topliss-reactive ketones (excluding diaryl/α,β-unsaturated/α-hetero) is 1. The van der Waals surface area contributed by atoms with Crippen molar-refractivity contribution < 1.29 is 4.79 Å². The molecule has 2 unspecified atom stereocenters. The Morgan fingerprint density at radius 2 is 1.73 bits per heavy atom. The summed E-state index contributed by atoms with van der Waals surface area (Å²) in [6.07, 6.45) is 0. The zero-order chi connectivity index (χ0) is 7.54. The Balaban J connectivity index is 1.86. The lowest BCUT2D eigenvalue weighted by Crippen LogP contribution is -2.54. The maximum absolute atomic E-state index is 11.4. The molecule has 11 heavy (non-hydrogen) atoms. The van der Waals surface area contributed by atoms with Crippen LogP contribution in [0.3, 0.4) is 0 Å². The van der Waals surface area contributed by atoms with Gasteiger partial charge in [-0.15, -0.1) is 0 Å². The highest BCUT2D eigenvalue weighted by Gasteiger charge is 2.92. The Kier molecular flexibility index (Phi) is 0.625. The van der Waals surface area contributed by atoms with Gasteiger partial charge in [0.1, 0.15) is 0 Å². The summed E-state index contributed by atoms with van der Waals surface area (Å²) in [5, 5.41) is 0. The fourth-order valence-electron chi connectivity index (χ4n) is 3.67. The molecule has 0 N–H and O–H groups in total. The van der Waals surface area contributed by atoms with E-state index in [0.717, 1.165) is 23.7 Å². The Labute approximate surface area is 74.0 Å². The van der Waals surface area contributed by atoms with E-state index in [1.165, 1.54) is 0 Å². The van der Waals surface area contributed by atoms with Gasteiger partial charge < -0.3 is 0 Å². The number of carbonyl (C=O) groups excluding carboxylic acids is 1. The van der Waals surface area contributed by atoms with Gasteiger partial charge in [-0.2, -0.15) is 0 Å². The van der Waals surface area contributed by atoms with Crippen molar-refractivity contribution in [2.45, 2.75) is 4.33 Å². The van der Waals surface area contributed by atoms with Gasteiger partial charge in [-0.25, -0.2) is 0 Å². The fourth-order valence-corrected chi connectivity index (χ4v) is 4.48. The number of rotatable bonds is 0. The molecule has 5 aliphatic carbocycles. The van der Waals surface area contributed by atoms with Crippen molar-refractivity contribution in [2.24, 2.45) is 35.5 Å². The van der Waals surface area contributed by atoms with Crippen LogP contribution >= 0.6 is 23.2 Å². The summed E-state index contributed by atoms with van der Waals surface area (Å²) in [6, 6.07) is 0. The molecule has 1 nitrogen and oxygen atoms in total. The van der Waals surface area contributed by atoms with E-state index in [1.807, 2.05) is 0 Å². The van der Waals surface area contributed by atoms with Crippen LogP contribution in [-0.4, -0.2) is 10.1 Å². The second-order valence-corrected chi connectivity index (χ2v) is 5.73. The minimum Gasteiger partial charge on any atom is -0.296 e. The fraction of sp³-hybridized carbons (Fsp3) is 0.875. The maximum atomic E-state index is 11.4. The van der Waals surface area contributed by atoms with Crippen LogP contribution in [0.4, 0.5) is 0 Å². The summed E-state index contributed by atoms with van der Waals surface area (Å²) in [6.45, 7) is 0. The maximum Gasteiger partial charge on any atom is 0.179 e. The molecule has 4 atom stereocenters. The first kappa shape index (κ1) is 5.82. The van der Waals surface area contributed by atoms with Gasteiger partial charge in [-0.05, 0) is 23.7 Å². The lowest BCUT2D eigenvalue weighted by atomic mass is 9.74. The Morgan fingerprint density at radius 3 is 2.27 bits per heavy atom. The lowest BCUT2D eigenvalue weighted by molar-refractivity contribution is -0.134. The number of carbonyl (C=O) groups is 1. The minimum atomic E-state index is -0.979. The van der Waals surface area contributed by atoms with Crippen LogP contribution in [0.2, 0.25) is 0 Å². The van der Waals surface area contributed by atoms with Crippen molar-refractivity contribution in [3.05, 3.63) is 0 Å².